The van der Waals surface area contributed by atoms with Gasteiger partial charge in [-0.3, -0.25) is 9.48 Å². The van der Waals surface area contributed by atoms with E-state index >= 15 is 0 Å². The molecule has 0 saturated carbocycles. The van der Waals surface area contributed by atoms with Crippen LogP contribution in [0.2, 0.25) is 0 Å². The minimum Gasteiger partial charge on any atom is -0.434 e. The van der Waals surface area contributed by atoms with Gasteiger partial charge in [0.25, 0.3) is 15.6 Å². The minimum absolute atomic E-state index is 0.0266. The lowest BCUT2D eigenvalue weighted by Crippen LogP contribution is -2.30. The zero-order valence-electron chi connectivity index (χ0n) is 15.0. The highest BCUT2D eigenvalue weighted by molar-refractivity contribution is 9.10. The van der Waals surface area contributed by atoms with Crippen molar-refractivity contribution < 1.29 is 21.9 Å². The summed E-state index contributed by atoms with van der Waals surface area (Å²) in [5.41, 5.74) is 0.283. The molecule has 0 spiro atoms. The molecular formula is C18H14BrF2N3O4S. The predicted molar refractivity (Wildman–Crippen MR) is 106 cm³/mol. The third kappa shape index (κ3) is 4.33. The van der Waals surface area contributed by atoms with Gasteiger partial charge in [-0.1, -0.05) is 22.0 Å². The lowest BCUT2D eigenvalue weighted by Gasteiger charge is -2.15. The van der Waals surface area contributed by atoms with Crippen LogP contribution >= 0.6 is 15.9 Å². The van der Waals surface area contributed by atoms with E-state index in [0.29, 0.717) is 19.6 Å². The van der Waals surface area contributed by atoms with Gasteiger partial charge in [-0.15, -0.1) is 4.09 Å². The summed E-state index contributed by atoms with van der Waals surface area (Å²) in [4.78, 5) is 12.7. The Labute approximate surface area is 172 Å². The van der Waals surface area contributed by atoms with Gasteiger partial charge in [0.2, 0.25) is 0 Å². The normalized spacial score (nSPS) is 11.7. The van der Waals surface area contributed by atoms with Crippen molar-refractivity contribution in [1.29, 1.82) is 5.26 Å². The molecule has 0 atom stereocenters. The summed E-state index contributed by atoms with van der Waals surface area (Å²) in [6.07, 6.45) is 0.903. The van der Waals surface area contributed by atoms with Crippen LogP contribution in [-0.4, -0.2) is 30.1 Å². The fourth-order valence-electron chi connectivity index (χ4n) is 3.02. The van der Waals surface area contributed by atoms with Gasteiger partial charge in [0, 0.05) is 10.0 Å². The lowest BCUT2D eigenvalue weighted by molar-refractivity contribution is -0.0505. The van der Waals surface area contributed by atoms with Gasteiger partial charge in [0.15, 0.2) is 0 Å². The van der Waals surface area contributed by atoms with Crippen molar-refractivity contribution in [2.24, 2.45) is 0 Å². The van der Waals surface area contributed by atoms with Gasteiger partial charge in [-0.2, -0.15) is 14.0 Å². The number of hydrogen-bond acceptors (Lipinski definition) is 5. The Morgan fingerprint density at radius 2 is 1.97 bits per heavy atom. The third-order valence-corrected chi connectivity index (χ3v) is 5.60. The standard InChI is InChI=1S/C18H14BrF2N3O4S/c1-29(26,27)24-17(25)14-4-3-13(19)9-15(14)23(24)10-12-8-11(6-7-22)2-5-16(12)28-18(20)21/h2-5,8-9,18H,6,10H2,1H3. The summed E-state index contributed by atoms with van der Waals surface area (Å²) in [6, 6.07) is 10.8. The van der Waals surface area contributed by atoms with Crippen LogP contribution in [0.4, 0.5) is 8.78 Å². The first-order valence-corrected chi connectivity index (χ1v) is 10.8. The van der Waals surface area contributed by atoms with Crippen molar-refractivity contribution in [3.63, 3.8) is 0 Å². The Kier molecular flexibility index (Phi) is 5.77. The van der Waals surface area contributed by atoms with Crippen molar-refractivity contribution in [3.05, 3.63) is 62.4 Å². The molecule has 0 aliphatic rings. The fourth-order valence-corrected chi connectivity index (χ4v) is 4.27. The predicted octanol–water partition coefficient (Wildman–Crippen LogP) is 3.09. The van der Waals surface area contributed by atoms with E-state index in [1.807, 2.05) is 6.07 Å². The molecule has 0 bridgehead atoms. The van der Waals surface area contributed by atoms with Gasteiger partial charge < -0.3 is 4.74 Å². The Morgan fingerprint density at radius 3 is 2.59 bits per heavy atom. The van der Waals surface area contributed by atoms with Crippen LogP contribution in [0.1, 0.15) is 11.1 Å². The van der Waals surface area contributed by atoms with Crippen LogP contribution in [0, 0.1) is 11.3 Å². The molecule has 0 saturated heterocycles. The molecule has 0 aliphatic heterocycles. The second kappa shape index (κ2) is 7.96. The highest BCUT2D eigenvalue weighted by Gasteiger charge is 2.22. The summed E-state index contributed by atoms with van der Waals surface area (Å²) in [7, 11) is -4.00. The largest absolute Gasteiger partial charge is 0.434 e. The lowest BCUT2D eigenvalue weighted by atomic mass is 10.1. The molecule has 1 aromatic heterocycles. The average molecular weight is 486 g/mol. The third-order valence-electron chi connectivity index (χ3n) is 4.12. The summed E-state index contributed by atoms with van der Waals surface area (Å²) in [6.45, 7) is -3.34. The average Bonchev–Trinajstić information content (AvgIpc) is 2.88. The number of rotatable bonds is 6. The summed E-state index contributed by atoms with van der Waals surface area (Å²) in [5, 5.41) is 9.06. The highest BCUT2D eigenvalue weighted by Crippen LogP contribution is 2.26. The molecule has 3 rings (SSSR count). The maximum atomic E-state index is 12.8. The Bertz CT molecular complexity index is 1290. The fraction of sp³-hybridized carbons (Fsp3) is 0.222. The van der Waals surface area contributed by atoms with Gasteiger partial charge in [0.1, 0.15) is 5.75 Å². The number of hydrogen-bond donors (Lipinski definition) is 0. The van der Waals surface area contributed by atoms with E-state index in [9.17, 15) is 22.0 Å². The van der Waals surface area contributed by atoms with Gasteiger partial charge >= 0.3 is 6.61 Å². The molecule has 152 valence electrons. The van der Waals surface area contributed by atoms with Crippen molar-refractivity contribution in [2.75, 3.05) is 6.26 Å². The second-order valence-electron chi connectivity index (χ2n) is 6.19. The van der Waals surface area contributed by atoms with Gasteiger partial charge in [-0.05, 0) is 35.9 Å². The Balaban J connectivity index is 2.27. The van der Waals surface area contributed by atoms with E-state index in [2.05, 4.69) is 20.7 Å². The molecule has 1 heterocycles. The van der Waals surface area contributed by atoms with E-state index in [1.54, 1.807) is 12.1 Å². The molecule has 29 heavy (non-hydrogen) atoms. The van der Waals surface area contributed by atoms with Gasteiger partial charge in [0.05, 0.1) is 36.2 Å². The molecule has 0 aliphatic carbocycles. The molecule has 0 unspecified atom stereocenters. The highest BCUT2D eigenvalue weighted by atomic mass is 79.9. The van der Waals surface area contributed by atoms with E-state index < -0.39 is 22.2 Å². The quantitative estimate of drug-likeness (QED) is 0.534. The minimum atomic E-state index is -4.00. The van der Waals surface area contributed by atoms with Gasteiger partial charge in [-0.25, -0.2) is 8.42 Å². The van der Waals surface area contributed by atoms with Crippen LogP contribution in [-0.2, 0) is 23.0 Å². The molecule has 0 N–H and O–H groups in total. The number of ether oxygens (including phenoxy) is 1. The topological polar surface area (TPSA) is 94.1 Å². The molecule has 0 radical (unpaired) electrons. The number of fused-ring (bicyclic) bond motifs is 1. The zero-order chi connectivity index (χ0) is 21.3. The maximum absolute atomic E-state index is 12.8. The van der Waals surface area contributed by atoms with Crippen molar-refractivity contribution in [2.45, 2.75) is 19.6 Å². The van der Waals surface area contributed by atoms with E-state index in [-0.39, 0.29) is 29.7 Å². The molecule has 11 heteroatoms. The molecule has 3 aromatic rings. The molecular weight excluding hydrogens is 472 g/mol. The summed E-state index contributed by atoms with van der Waals surface area (Å²) < 4.78 is 57.1. The Hall–Kier alpha value is -2.71. The Morgan fingerprint density at radius 1 is 1.24 bits per heavy atom. The monoisotopic (exact) mass is 485 g/mol. The van der Waals surface area contributed by atoms with Crippen LogP contribution in [0.25, 0.3) is 10.9 Å². The van der Waals surface area contributed by atoms with Crippen LogP contribution < -0.4 is 10.3 Å². The first-order chi connectivity index (χ1) is 13.6. The number of benzene rings is 2. The number of halogens is 3. The van der Waals surface area contributed by atoms with Crippen LogP contribution in [0.5, 0.6) is 5.75 Å². The first kappa shape index (κ1) is 21.0. The van der Waals surface area contributed by atoms with E-state index in [1.165, 1.54) is 28.9 Å². The van der Waals surface area contributed by atoms with Crippen molar-refractivity contribution >= 4 is 36.9 Å². The molecule has 0 amide bonds. The van der Waals surface area contributed by atoms with Crippen molar-refractivity contribution in [1.82, 2.24) is 8.77 Å². The summed E-state index contributed by atoms with van der Waals surface area (Å²) in [5.74, 6) is -0.175. The molecule has 7 nitrogen and oxygen atoms in total. The molecule has 2 aromatic carbocycles. The number of nitrogens with zero attached hydrogens (tertiary/aromatic N) is 3. The summed E-state index contributed by atoms with van der Waals surface area (Å²) >= 11 is 3.28. The number of alkyl halides is 2. The van der Waals surface area contributed by atoms with Crippen LogP contribution in [0.15, 0.2) is 45.7 Å². The van der Waals surface area contributed by atoms with E-state index in [0.717, 1.165) is 6.26 Å². The first-order valence-electron chi connectivity index (χ1n) is 8.17. The number of nitriles is 1. The SMILES string of the molecule is CS(=O)(=O)n1c(=O)c2ccc(Br)cc2n1Cc1cc(CC#N)ccc1OC(F)F. The van der Waals surface area contributed by atoms with Crippen LogP contribution in [0.3, 0.4) is 0 Å². The maximum Gasteiger partial charge on any atom is 0.387 e. The molecule has 0 fully saturated rings. The smallest absolute Gasteiger partial charge is 0.387 e. The van der Waals surface area contributed by atoms with E-state index in [4.69, 9.17) is 5.26 Å². The number of aromatic nitrogens is 2. The van der Waals surface area contributed by atoms with Crippen molar-refractivity contribution in [3.8, 4) is 11.8 Å². The zero-order valence-corrected chi connectivity index (χ0v) is 17.4. The second-order valence-corrected chi connectivity index (χ2v) is 8.91.